The van der Waals surface area contributed by atoms with E-state index in [2.05, 4.69) is 0 Å². The van der Waals surface area contributed by atoms with Gasteiger partial charge in [-0.15, -0.1) is 0 Å². The molecule has 9 heteroatoms. The first-order valence-electron chi connectivity index (χ1n) is 4.03. The fraction of sp³-hybridized carbons (Fsp3) is 1.00. The number of hydrogen-bond acceptors (Lipinski definition) is 8. The molecule has 4 N–H and O–H groups in total. The number of nitrogens with zero attached hydrogens (tertiary/aromatic N) is 1. The lowest BCUT2D eigenvalue weighted by molar-refractivity contribution is -1.92. The van der Waals surface area contributed by atoms with Gasteiger partial charge < -0.3 is 15.3 Å². The first-order valence-corrected chi connectivity index (χ1v) is 5.29. The summed E-state index contributed by atoms with van der Waals surface area (Å²) in [5.41, 5.74) is 0. The minimum Gasteiger partial charge on any atom is -0.395 e. The number of halogens is 1. The Balaban J connectivity index is 0. The molecule has 0 aliphatic heterocycles. The summed E-state index contributed by atoms with van der Waals surface area (Å²) < 4.78 is 32.7. The van der Waals surface area contributed by atoms with Crippen LogP contribution < -0.4 is 14.0 Å². The third-order valence-corrected chi connectivity index (χ3v) is 1.25. The van der Waals surface area contributed by atoms with Crippen molar-refractivity contribution in [2.24, 2.45) is 0 Å². The van der Waals surface area contributed by atoms with Crippen LogP contribution in [0, 0.1) is 10.2 Å². The van der Waals surface area contributed by atoms with E-state index in [1.54, 1.807) is 4.90 Å². The van der Waals surface area contributed by atoms with E-state index >= 15 is 0 Å². The molecule has 8 nitrogen and oxygen atoms in total. The van der Waals surface area contributed by atoms with E-state index in [0.717, 1.165) is 0 Å². The van der Waals surface area contributed by atoms with Crippen LogP contribution in [0.2, 0.25) is 0 Å². The largest absolute Gasteiger partial charge is 0.395 e. The molecule has 0 rings (SSSR count). The van der Waals surface area contributed by atoms with E-state index in [1.165, 1.54) is 0 Å². The minimum atomic E-state index is -4.69. The minimum absolute atomic E-state index is 0.0694. The molecule has 0 aromatic rings. The number of hydrogen-bond donors (Lipinski definition) is 4. The molecular weight excluding hydrogens is 234 g/mol. The number of rotatable bonds is 6. The van der Waals surface area contributed by atoms with E-state index < -0.39 is 10.2 Å². The Morgan fingerprint density at radius 2 is 1.00 bits per heavy atom. The quantitative estimate of drug-likeness (QED) is 0.363. The van der Waals surface area contributed by atoms with Crippen LogP contribution in [-0.2, 0) is 0 Å². The van der Waals surface area contributed by atoms with Gasteiger partial charge in [0.15, 0.2) is 0 Å². The third kappa shape index (κ3) is 24.9. The molecule has 15 heavy (non-hydrogen) atoms. The summed E-state index contributed by atoms with van der Waals surface area (Å²) in [6.45, 7) is 1.75. The Morgan fingerprint density at radius 3 is 1.13 bits per heavy atom. The van der Waals surface area contributed by atoms with Crippen molar-refractivity contribution in [1.82, 2.24) is 4.90 Å². The second kappa shape index (κ2) is 10.5. The van der Waals surface area contributed by atoms with Crippen molar-refractivity contribution in [2.45, 2.75) is 0 Å². The van der Waals surface area contributed by atoms with Gasteiger partial charge in [-0.05, 0) is 0 Å². The van der Waals surface area contributed by atoms with Gasteiger partial charge in [0.05, 0.1) is 34.7 Å². The summed E-state index contributed by atoms with van der Waals surface area (Å²) in [5, 5.41) is 25.5. The Bertz CT molecular complexity index is 111. The normalized spacial score (nSPS) is 11.2. The van der Waals surface area contributed by atoms with E-state index in [4.69, 9.17) is 34.0 Å². The lowest BCUT2D eigenvalue weighted by Crippen LogP contribution is -2.58. The molecule has 0 unspecified atom stereocenters. The van der Waals surface area contributed by atoms with Crippen LogP contribution in [0.15, 0.2) is 0 Å². The second-order valence-corrected chi connectivity index (χ2v) is 3.20. The number of aliphatic hydroxyl groups excluding tert-OH is 3. The van der Waals surface area contributed by atoms with Gasteiger partial charge in [-0.25, -0.2) is 0 Å². The molecule has 0 saturated carbocycles. The summed E-state index contributed by atoms with van der Waals surface area (Å²) in [6.07, 6.45) is 0. The Labute approximate surface area is 89.3 Å². The summed E-state index contributed by atoms with van der Waals surface area (Å²) in [5.74, 6) is 0. The monoisotopic (exact) mass is 249 g/mol. The van der Waals surface area contributed by atoms with Gasteiger partial charge in [-0.2, -0.15) is 14.0 Å². The SMILES string of the molecule is OCCN(CCO)CCO.[O-][Cl+3]([O-])([O-])O. The van der Waals surface area contributed by atoms with Gasteiger partial charge in [0.25, 0.3) is 0 Å². The maximum Gasteiger partial charge on any atom is 0.0777 e. The van der Waals surface area contributed by atoms with Crippen LogP contribution in [0.5, 0.6) is 0 Å². The summed E-state index contributed by atoms with van der Waals surface area (Å²) in [7, 11) is -4.69. The highest BCUT2D eigenvalue weighted by Gasteiger charge is 2.00. The Kier molecular flexibility index (Phi) is 12.1. The van der Waals surface area contributed by atoms with Gasteiger partial charge >= 0.3 is 0 Å². The van der Waals surface area contributed by atoms with Crippen molar-refractivity contribution < 1.29 is 44.2 Å². The summed E-state index contributed by atoms with van der Waals surface area (Å²) in [6, 6.07) is 0. The van der Waals surface area contributed by atoms with Gasteiger partial charge in [0, 0.05) is 19.6 Å². The highest BCUT2D eigenvalue weighted by molar-refractivity contribution is 4.54. The van der Waals surface area contributed by atoms with E-state index in [1.807, 2.05) is 0 Å². The Morgan fingerprint density at radius 1 is 0.800 bits per heavy atom. The second-order valence-electron chi connectivity index (χ2n) is 2.41. The predicted octanol–water partition coefficient (Wildman–Crippen LogP) is -5.86. The van der Waals surface area contributed by atoms with Crippen LogP contribution in [0.4, 0.5) is 0 Å². The molecular formula is C6H16ClNO7. The lowest BCUT2D eigenvalue weighted by atomic mass is 10.4. The smallest absolute Gasteiger partial charge is 0.0777 e. The maximum atomic E-state index is 8.60. The highest BCUT2D eigenvalue weighted by atomic mass is 35.7. The molecule has 0 aromatic carbocycles. The van der Waals surface area contributed by atoms with Gasteiger partial charge in [-0.3, -0.25) is 4.90 Å². The first-order chi connectivity index (χ1) is 6.85. The maximum absolute atomic E-state index is 8.60. The summed E-state index contributed by atoms with van der Waals surface area (Å²) >= 11 is 0. The fourth-order valence-corrected chi connectivity index (χ4v) is 0.760. The van der Waals surface area contributed by atoms with Crippen LogP contribution >= 0.6 is 0 Å². The van der Waals surface area contributed by atoms with Crippen molar-refractivity contribution >= 4 is 0 Å². The summed E-state index contributed by atoms with van der Waals surface area (Å²) in [4.78, 5) is 1.79. The van der Waals surface area contributed by atoms with Crippen molar-refractivity contribution in [3.8, 4) is 0 Å². The topological polar surface area (TPSA) is 153 Å². The van der Waals surface area contributed by atoms with E-state index in [0.29, 0.717) is 19.6 Å². The molecule has 0 aliphatic rings. The van der Waals surface area contributed by atoms with Crippen molar-refractivity contribution in [3.05, 3.63) is 0 Å². The third-order valence-electron chi connectivity index (χ3n) is 1.25. The van der Waals surface area contributed by atoms with Crippen molar-refractivity contribution in [2.75, 3.05) is 39.5 Å². The molecule has 94 valence electrons. The van der Waals surface area contributed by atoms with Gasteiger partial charge in [0.1, 0.15) is 0 Å². The molecule has 0 bridgehead atoms. The molecule has 0 aliphatic carbocycles. The zero-order valence-corrected chi connectivity index (χ0v) is 8.84. The van der Waals surface area contributed by atoms with Gasteiger partial charge in [-0.1, -0.05) is 0 Å². The van der Waals surface area contributed by atoms with E-state index in [-0.39, 0.29) is 19.8 Å². The van der Waals surface area contributed by atoms with Crippen LogP contribution in [0.1, 0.15) is 0 Å². The Hall–Kier alpha value is -0.0300. The first kappa shape index (κ1) is 17.4. The molecule has 0 saturated heterocycles. The molecule has 0 aromatic heterocycles. The standard InChI is InChI=1S/C6H15NO3.ClHO4/c8-4-1-7(2-5-9)3-6-10;2-1(3,4)5/h8-10H,1-6H2;(H,2,3,4,5). The van der Waals surface area contributed by atoms with Crippen molar-refractivity contribution in [3.63, 3.8) is 0 Å². The lowest BCUT2D eigenvalue weighted by Gasteiger charge is -2.17. The fourth-order valence-electron chi connectivity index (χ4n) is 0.760. The molecule has 0 fully saturated rings. The highest BCUT2D eigenvalue weighted by Crippen LogP contribution is 1.84. The zero-order valence-electron chi connectivity index (χ0n) is 8.08. The average molecular weight is 250 g/mol. The molecule has 0 atom stereocenters. The van der Waals surface area contributed by atoms with Crippen LogP contribution in [0.3, 0.4) is 0 Å². The molecule has 0 spiro atoms. The number of aliphatic hydroxyl groups is 3. The van der Waals surface area contributed by atoms with Crippen LogP contribution in [-0.4, -0.2) is 64.3 Å². The van der Waals surface area contributed by atoms with E-state index in [9.17, 15) is 0 Å². The van der Waals surface area contributed by atoms with Gasteiger partial charge in [0.2, 0.25) is 0 Å². The zero-order chi connectivity index (χ0) is 12.3. The average Bonchev–Trinajstić information content (AvgIpc) is 2.02. The van der Waals surface area contributed by atoms with Crippen molar-refractivity contribution in [1.29, 1.82) is 0 Å². The molecule has 0 heterocycles. The molecule has 0 radical (unpaired) electrons. The predicted molar refractivity (Wildman–Crippen MR) is 39.9 cm³/mol. The molecule has 0 amide bonds. The van der Waals surface area contributed by atoms with Crippen LogP contribution in [0.25, 0.3) is 0 Å².